The van der Waals surface area contributed by atoms with Crippen LogP contribution in [0.5, 0.6) is 0 Å². The molecular weight excluding hydrogens is 400 g/mol. The number of ether oxygens (including phenoxy) is 5. The Labute approximate surface area is 182 Å². The summed E-state index contributed by atoms with van der Waals surface area (Å²) >= 11 is 0. The molecule has 0 amide bonds. The summed E-state index contributed by atoms with van der Waals surface area (Å²) in [7, 11) is 0. The second-order valence-electron chi connectivity index (χ2n) is 7.42. The Kier molecular flexibility index (Phi) is 8.17. The summed E-state index contributed by atoms with van der Waals surface area (Å²) in [5.41, 5.74) is 1.94. The van der Waals surface area contributed by atoms with Crippen molar-refractivity contribution < 1.29 is 33.3 Å². The van der Waals surface area contributed by atoms with E-state index in [-0.39, 0.29) is 6.61 Å². The fraction of sp³-hybridized carbons (Fsp3) is 0.417. The fourth-order valence-corrected chi connectivity index (χ4v) is 3.50. The second kappa shape index (κ2) is 11.0. The molecule has 2 aromatic rings. The third kappa shape index (κ3) is 6.62. The highest BCUT2D eigenvalue weighted by atomic mass is 16.7. The van der Waals surface area contributed by atoms with Gasteiger partial charge in [-0.1, -0.05) is 60.7 Å². The van der Waals surface area contributed by atoms with Crippen molar-refractivity contribution in [2.45, 2.75) is 64.7 Å². The van der Waals surface area contributed by atoms with E-state index in [9.17, 15) is 9.59 Å². The Bertz CT molecular complexity index is 840. The van der Waals surface area contributed by atoms with E-state index in [1.54, 1.807) is 0 Å². The van der Waals surface area contributed by atoms with Gasteiger partial charge < -0.3 is 23.7 Å². The van der Waals surface area contributed by atoms with E-state index in [2.05, 4.69) is 0 Å². The summed E-state index contributed by atoms with van der Waals surface area (Å²) in [4.78, 5) is 23.4. The molecule has 31 heavy (non-hydrogen) atoms. The van der Waals surface area contributed by atoms with Crippen LogP contribution in [0.1, 0.15) is 31.9 Å². The topological polar surface area (TPSA) is 80.3 Å². The Morgan fingerprint density at radius 2 is 1.23 bits per heavy atom. The lowest BCUT2D eigenvalue weighted by Crippen LogP contribution is -2.60. The number of esters is 2. The molecule has 1 aliphatic heterocycles. The fourth-order valence-electron chi connectivity index (χ4n) is 3.50. The van der Waals surface area contributed by atoms with Gasteiger partial charge in [-0.2, -0.15) is 0 Å². The van der Waals surface area contributed by atoms with Crippen LogP contribution in [-0.4, -0.2) is 42.6 Å². The molecule has 0 saturated carbocycles. The minimum Gasteiger partial charge on any atom is -0.453 e. The van der Waals surface area contributed by atoms with Crippen LogP contribution in [0.15, 0.2) is 60.7 Å². The van der Waals surface area contributed by atoms with E-state index in [0.29, 0.717) is 6.61 Å². The van der Waals surface area contributed by atoms with Crippen molar-refractivity contribution in [3.63, 3.8) is 0 Å². The highest BCUT2D eigenvalue weighted by Crippen LogP contribution is 2.30. The predicted molar refractivity (Wildman–Crippen MR) is 112 cm³/mol. The van der Waals surface area contributed by atoms with Gasteiger partial charge in [-0.25, -0.2) is 0 Å². The van der Waals surface area contributed by atoms with Gasteiger partial charge in [-0.3, -0.25) is 9.59 Å². The zero-order valence-corrected chi connectivity index (χ0v) is 17.9. The maximum absolute atomic E-state index is 11.8. The predicted octanol–water partition coefficient (Wildman–Crippen LogP) is 3.40. The van der Waals surface area contributed by atoms with Gasteiger partial charge in [0.1, 0.15) is 12.2 Å². The molecular formula is C24H28O7. The van der Waals surface area contributed by atoms with Gasteiger partial charge in [-0.15, -0.1) is 0 Å². The van der Waals surface area contributed by atoms with Crippen LogP contribution in [-0.2, 0) is 46.5 Å². The third-order valence-corrected chi connectivity index (χ3v) is 4.88. The lowest BCUT2D eigenvalue weighted by Gasteiger charge is -2.44. The summed E-state index contributed by atoms with van der Waals surface area (Å²) < 4.78 is 29.0. The quantitative estimate of drug-likeness (QED) is 0.596. The molecule has 1 fully saturated rings. The minimum atomic E-state index is -1.09. The molecule has 2 unspecified atom stereocenters. The Hall–Kier alpha value is -2.74. The summed E-state index contributed by atoms with van der Waals surface area (Å²) in [6, 6.07) is 19.3. The Morgan fingerprint density at radius 1 is 0.742 bits per heavy atom. The van der Waals surface area contributed by atoms with Gasteiger partial charge in [0.25, 0.3) is 0 Å². The number of carbonyl (C=O) groups excluding carboxylic acids is 2. The van der Waals surface area contributed by atoms with Crippen molar-refractivity contribution in [3.8, 4) is 0 Å². The molecule has 2 aromatic carbocycles. The molecule has 1 aliphatic rings. The first-order valence-corrected chi connectivity index (χ1v) is 10.2. The molecule has 0 aliphatic carbocycles. The number of rotatable bonds is 8. The third-order valence-electron chi connectivity index (χ3n) is 4.88. The smallest absolute Gasteiger partial charge is 0.305 e. The molecule has 5 atom stereocenters. The van der Waals surface area contributed by atoms with Crippen LogP contribution in [0.25, 0.3) is 0 Å². The van der Waals surface area contributed by atoms with Crippen molar-refractivity contribution in [1.29, 1.82) is 0 Å². The lowest BCUT2D eigenvalue weighted by atomic mass is 9.98. The van der Waals surface area contributed by atoms with Gasteiger partial charge in [0.05, 0.1) is 19.3 Å². The summed E-state index contributed by atoms with van der Waals surface area (Å²) in [5.74, 6) is -1.07. The van der Waals surface area contributed by atoms with Gasteiger partial charge in [0.15, 0.2) is 6.10 Å². The van der Waals surface area contributed by atoms with Crippen molar-refractivity contribution in [1.82, 2.24) is 0 Å². The first-order valence-electron chi connectivity index (χ1n) is 10.2. The summed E-state index contributed by atoms with van der Waals surface area (Å²) in [6.45, 7) is 4.98. The molecule has 0 N–H and O–H groups in total. The van der Waals surface area contributed by atoms with Crippen LogP contribution in [0.3, 0.4) is 0 Å². The van der Waals surface area contributed by atoms with E-state index < -0.39 is 42.6 Å². The van der Waals surface area contributed by atoms with Crippen molar-refractivity contribution in [2.75, 3.05) is 0 Å². The lowest BCUT2D eigenvalue weighted by molar-refractivity contribution is -0.304. The highest BCUT2D eigenvalue weighted by Gasteiger charge is 2.49. The highest BCUT2D eigenvalue weighted by molar-refractivity contribution is 5.67. The monoisotopic (exact) mass is 428 g/mol. The average molecular weight is 428 g/mol. The SMILES string of the molecule is CC(=O)OC1[C@H](OC(C)=O)OC(C)[C@H](OCc2ccccc2)[C@H]1OCc1ccccc1. The Balaban J connectivity index is 1.83. The van der Waals surface area contributed by atoms with Gasteiger partial charge >= 0.3 is 11.9 Å². The molecule has 0 spiro atoms. The molecule has 1 saturated heterocycles. The molecule has 0 aromatic heterocycles. The number of hydrogen-bond acceptors (Lipinski definition) is 7. The summed E-state index contributed by atoms with van der Waals surface area (Å²) in [5, 5.41) is 0. The van der Waals surface area contributed by atoms with Crippen LogP contribution in [0, 0.1) is 0 Å². The van der Waals surface area contributed by atoms with Crippen molar-refractivity contribution in [3.05, 3.63) is 71.8 Å². The molecule has 166 valence electrons. The molecule has 0 bridgehead atoms. The first kappa shape index (κ1) is 22.9. The largest absolute Gasteiger partial charge is 0.453 e. The summed E-state index contributed by atoms with van der Waals surface area (Å²) in [6.07, 6.45) is -3.79. The maximum atomic E-state index is 11.8. The van der Waals surface area contributed by atoms with Crippen molar-refractivity contribution in [2.24, 2.45) is 0 Å². The normalized spacial score (nSPS) is 25.6. The van der Waals surface area contributed by atoms with Gasteiger partial charge in [-0.05, 0) is 18.1 Å². The van der Waals surface area contributed by atoms with Crippen LogP contribution in [0.4, 0.5) is 0 Å². The first-order chi connectivity index (χ1) is 14.9. The van der Waals surface area contributed by atoms with E-state index in [1.807, 2.05) is 67.6 Å². The van der Waals surface area contributed by atoms with Crippen LogP contribution in [0.2, 0.25) is 0 Å². The maximum Gasteiger partial charge on any atom is 0.305 e. The van der Waals surface area contributed by atoms with E-state index >= 15 is 0 Å². The van der Waals surface area contributed by atoms with Gasteiger partial charge in [0.2, 0.25) is 6.29 Å². The zero-order valence-electron chi connectivity index (χ0n) is 17.9. The zero-order chi connectivity index (χ0) is 22.2. The number of hydrogen-bond donors (Lipinski definition) is 0. The van der Waals surface area contributed by atoms with E-state index in [4.69, 9.17) is 23.7 Å². The number of benzene rings is 2. The second-order valence-corrected chi connectivity index (χ2v) is 7.42. The average Bonchev–Trinajstić information content (AvgIpc) is 2.74. The molecule has 3 rings (SSSR count). The van der Waals surface area contributed by atoms with Crippen LogP contribution >= 0.6 is 0 Å². The van der Waals surface area contributed by atoms with E-state index in [0.717, 1.165) is 11.1 Å². The van der Waals surface area contributed by atoms with Crippen molar-refractivity contribution >= 4 is 11.9 Å². The number of carbonyl (C=O) groups is 2. The minimum absolute atomic E-state index is 0.272. The Morgan fingerprint density at radius 3 is 1.71 bits per heavy atom. The van der Waals surface area contributed by atoms with Gasteiger partial charge in [0, 0.05) is 13.8 Å². The van der Waals surface area contributed by atoms with Crippen LogP contribution < -0.4 is 0 Å². The molecule has 7 nitrogen and oxygen atoms in total. The molecule has 0 radical (unpaired) electrons. The standard InChI is InChI=1S/C24H28O7/c1-16-21(27-14-19-10-6-4-7-11-19)22(28-15-20-12-8-5-9-13-20)23(30-17(2)25)24(29-16)31-18(3)26/h4-13,16,21-24H,14-15H2,1-3H3/t16?,21-,22+,23?,24-/m0/s1. The molecule has 1 heterocycles. The van der Waals surface area contributed by atoms with E-state index in [1.165, 1.54) is 13.8 Å². The molecule has 7 heteroatoms.